The molecule has 7 nitrogen and oxygen atoms in total. The summed E-state index contributed by atoms with van der Waals surface area (Å²) >= 11 is 0. The van der Waals surface area contributed by atoms with Gasteiger partial charge in [-0.3, -0.25) is 14.8 Å². The average molecular weight is 391 g/mol. The zero-order valence-electron chi connectivity index (χ0n) is 17.1. The van der Waals surface area contributed by atoms with Crippen molar-refractivity contribution in [3.05, 3.63) is 77.1 Å². The number of rotatable bonds is 5. The summed E-state index contributed by atoms with van der Waals surface area (Å²) in [5.41, 5.74) is 4.31. The Balaban J connectivity index is 1.86. The maximum absolute atomic E-state index is 12.6. The molecular weight excluding hydrogens is 366 g/mol. The first-order valence-corrected chi connectivity index (χ1v) is 9.29. The molecule has 0 radical (unpaired) electrons. The minimum absolute atomic E-state index is 0.237. The molecule has 0 saturated heterocycles. The van der Waals surface area contributed by atoms with Gasteiger partial charge in [0.05, 0.1) is 19.3 Å². The van der Waals surface area contributed by atoms with Crippen molar-refractivity contribution in [2.75, 3.05) is 12.4 Å². The molecule has 0 bridgehead atoms. The molecule has 0 saturated carbocycles. The summed E-state index contributed by atoms with van der Waals surface area (Å²) in [5, 5.41) is 10.5. The van der Waals surface area contributed by atoms with Gasteiger partial charge in [-0.2, -0.15) is 5.10 Å². The Kier molecular flexibility index (Phi) is 6.29. The Morgan fingerprint density at radius 1 is 1.14 bits per heavy atom. The minimum atomic E-state index is -0.237. The quantitative estimate of drug-likeness (QED) is 0.516. The van der Waals surface area contributed by atoms with Crippen molar-refractivity contribution in [2.45, 2.75) is 20.4 Å². The van der Waals surface area contributed by atoms with E-state index in [0.717, 1.165) is 22.6 Å². The van der Waals surface area contributed by atoms with Crippen molar-refractivity contribution in [3.63, 3.8) is 0 Å². The normalized spacial score (nSPS) is 11.2. The molecule has 2 aromatic carbocycles. The summed E-state index contributed by atoms with van der Waals surface area (Å²) in [5.74, 6) is 0.830. The number of hydrogen-bond acceptors (Lipinski definition) is 4. The van der Waals surface area contributed by atoms with Crippen LogP contribution in [-0.4, -0.2) is 28.8 Å². The van der Waals surface area contributed by atoms with Gasteiger partial charge in [0.25, 0.3) is 5.91 Å². The monoisotopic (exact) mass is 391 g/mol. The molecule has 150 valence electrons. The standard InChI is InChI=1S/C22H25N5O2/c1-15-20(16(2)27(3)26-15)14-23-22(24-18-11-8-12-19(13-18)29-4)25-21(28)17-9-6-5-7-10-17/h5-13H,14H2,1-4H3,(H2,23,24,25,28). The number of aryl methyl sites for hydroxylation is 2. The molecule has 1 heterocycles. The predicted molar refractivity (Wildman–Crippen MR) is 114 cm³/mol. The molecule has 0 aliphatic heterocycles. The van der Waals surface area contributed by atoms with Gasteiger partial charge in [-0.15, -0.1) is 0 Å². The van der Waals surface area contributed by atoms with Crippen molar-refractivity contribution in [1.82, 2.24) is 15.1 Å². The number of ether oxygens (including phenoxy) is 1. The Hall–Kier alpha value is -3.61. The third-order valence-electron chi connectivity index (χ3n) is 4.65. The van der Waals surface area contributed by atoms with Crippen LogP contribution < -0.4 is 15.4 Å². The van der Waals surface area contributed by atoms with Crippen LogP contribution in [0.2, 0.25) is 0 Å². The summed E-state index contributed by atoms with van der Waals surface area (Å²) in [4.78, 5) is 17.3. The molecule has 0 atom stereocenters. The molecular formula is C22H25N5O2. The number of aliphatic imine (C=N–C) groups is 1. The molecule has 0 fully saturated rings. The van der Waals surface area contributed by atoms with Crippen LogP contribution in [0.5, 0.6) is 5.75 Å². The van der Waals surface area contributed by atoms with Crippen LogP contribution in [0.15, 0.2) is 59.6 Å². The second-order valence-corrected chi connectivity index (χ2v) is 6.61. The fourth-order valence-electron chi connectivity index (χ4n) is 2.92. The fourth-order valence-corrected chi connectivity index (χ4v) is 2.92. The van der Waals surface area contributed by atoms with Gasteiger partial charge >= 0.3 is 0 Å². The number of benzene rings is 2. The van der Waals surface area contributed by atoms with Crippen molar-refractivity contribution < 1.29 is 9.53 Å². The van der Waals surface area contributed by atoms with E-state index in [1.165, 1.54) is 0 Å². The lowest BCUT2D eigenvalue weighted by Crippen LogP contribution is -2.36. The maximum atomic E-state index is 12.6. The lowest BCUT2D eigenvalue weighted by atomic mass is 10.2. The maximum Gasteiger partial charge on any atom is 0.257 e. The lowest BCUT2D eigenvalue weighted by Gasteiger charge is -2.13. The molecule has 1 aromatic heterocycles. The Bertz CT molecular complexity index is 1020. The van der Waals surface area contributed by atoms with Crippen LogP contribution in [0.3, 0.4) is 0 Å². The Labute approximate surface area is 170 Å². The van der Waals surface area contributed by atoms with Gasteiger partial charge in [0.15, 0.2) is 0 Å². The fraction of sp³-hybridized carbons (Fsp3) is 0.227. The molecule has 2 N–H and O–H groups in total. The summed E-state index contributed by atoms with van der Waals surface area (Å²) in [6.07, 6.45) is 0. The highest BCUT2D eigenvalue weighted by Gasteiger charge is 2.12. The second kappa shape index (κ2) is 9.05. The smallest absolute Gasteiger partial charge is 0.257 e. The van der Waals surface area contributed by atoms with E-state index in [4.69, 9.17) is 4.74 Å². The molecule has 0 aliphatic rings. The Morgan fingerprint density at radius 2 is 1.90 bits per heavy atom. The van der Waals surface area contributed by atoms with Crippen LogP contribution >= 0.6 is 0 Å². The van der Waals surface area contributed by atoms with E-state index in [-0.39, 0.29) is 5.91 Å². The molecule has 1 amide bonds. The van der Waals surface area contributed by atoms with Crippen LogP contribution in [0, 0.1) is 13.8 Å². The largest absolute Gasteiger partial charge is 0.497 e. The number of nitrogens with one attached hydrogen (secondary N) is 2. The van der Waals surface area contributed by atoms with Crippen molar-refractivity contribution in [2.24, 2.45) is 12.0 Å². The predicted octanol–water partition coefficient (Wildman–Crippen LogP) is 3.44. The number of carbonyl (C=O) groups is 1. The Morgan fingerprint density at radius 3 is 2.55 bits per heavy atom. The number of methoxy groups -OCH3 is 1. The van der Waals surface area contributed by atoms with E-state index >= 15 is 0 Å². The SMILES string of the molecule is COc1cccc(NC(=NCc2c(C)nn(C)c2C)NC(=O)c2ccccc2)c1. The van der Waals surface area contributed by atoms with Crippen LogP contribution in [-0.2, 0) is 13.6 Å². The summed E-state index contributed by atoms with van der Waals surface area (Å²) in [6.45, 7) is 4.35. The number of carbonyl (C=O) groups excluding carboxylic acids is 1. The van der Waals surface area contributed by atoms with E-state index < -0.39 is 0 Å². The molecule has 7 heteroatoms. The van der Waals surface area contributed by atoms with Gasteiger partial charge in [-0.1, -0.05) is 24.3 Å². The van der Waals surface area contributed by atoms with Crippen LogP contribution in [0.4, 0.5) is 5.69 Å². The van der Waals surface area contributed by atoms with E-state index in [1.807, 2.05) is 68.0 Å². The minimum Gasteiger partial charge on any atom is -0.497 e. The zero-order chi connectivity index (χ0) is 20.8. The summed E-state index contributed by atoms with van der Waals surface area (Å²) < 4.78 is 7.10. The van der Waals surface area contributed by atoms with Gasteiger partial charge in [0.1, 0.15) is 5.75 Å². The van der Waals surface area contributed by atoms with E-state index in [0.29, 0.717) is 23.8 Å². The first-order chi connectivity index (χ1) is 14.0. The number of aromatic nitrogens is 2. The third-order valence-corrected chi connectivity index (χ3v) is 4.65. The van der Waals surface area contributed by atoms with E-state index in [2.05, 4.69) is 20.7 Å². The molecule has 29 heavy (non-hydrogen) atoms. The summed E-state index contributed by atoms with van der Waals surface area (Å²) in [6, 6.07) is 16.5. The lowest BCUT2D eigenvalue weighted by molar-refractivity contribution is 0.0977. The number of nitrogens with zero attached hydrogens (tertiary/aromatic N) is 3. The molecule has 3 rings (SSSR count). The first-order valence-electron chi connectivity index (χ1n) is 9.29. The van der Waals surface area contributed by atoms with Gasteiger partial charge < -0.3 is 10.1 Å². The molecule has 0 spiro atoms. The first kappa shape index (κ1) is 20.1. The van der Waals surface area contributed by atoms with Gasteiger partial charge in [0.2, 0.25) is 5.96 Å². The van der Waals surface area contributed by atoms with Crippen molar-refractivity contribution in [1.29, 1.82) is 0 Å². The van der Waals surface area contributed by atoms with Gasteiger partial charge in [-0.25, -0.2) is 4.99 Å². The highest BCUT2D eigenvalue weighted by molar-refractivity contribution is 6.09. The van der Waals surface area contributed by atoms with E-state index in [9.17, 15) is 4.79 Å². The van der Waals surface area contributed by atoms with E-state index in [1.54, 1.807) is 19.2 Å². The molecule has 0 unspecified atom stereocenters. The number of anilines is 1. The van der Waals surface area contributed by atoms with Crippen LogP contribution in [0.1, 0.15) is 27.3 Å². The molecule has 3 aromatic rings. The topological polar surface area (TPSA) is 80.5 Å². The summed E-state index contributed by atoms with van der Waals surface area (Å²) in [7, 11) is 3.52. The van der Waals surface area contributed by atoms with Crippen molar-refractivity contribution in [3.8, 4) is 5.75 Å². The second-order valence-electron chi connectivity index (χ2n) is 6.61. The number of amides is 1. The molecule has 0 aliphatic carbocycles. The zero-order valence-corrected chi connectivity index (χ0v) is 17.1. The van der Waals surface area contributed by atoms with Gasteiger partial charge in [0, 0.05) is 35.6 Å². The number of hydrogen-bond donors (Lipinski definition) is 2. The number of guanidine groups is 1. The van der Waals surface area contributed by atoms with Crippen LogP contribution in [0.25, 0.3) is 0 Å². The van der Waals surface area contributed by atoms with Gasteiger partial charge in [-0.05, 0) is 38.1 Å². The average Bonchev–Trinajstić information content (AvgIpc) is 2.98. The highest BCUT2D eigenvalue weighted by Crippen LogP contribution is 2.17. The highest BCUT2D eigenvalue weighted by atomic mass is 16.5. The third kappa shape index (κ3) is 5.01. The van der Waals surface area contributed by atoms with Crippen molar-refractivity contribution >= 4 is 17.6 Å².